The highest BCUT2D eigenvalue weighted by Gasteiger charge is 2.20. The van der Waals surface area contributed by atoms with Gasteiger partial charge in [0.25, 0.3) is 0 Å². The molecular formula is C50H32N2. The van der Waals surface area contributed by atoms with Crippen molar-refractivity contribution < 1.29 is 0 Å². The molecule has 52 heavy (non-hydrogen) atoms. The van der Waals surface area contributed by atoms with Gasteiger partial charge in [-0.1, -0.05) is 182 Å². The minimum Gasteiger partial charge on any atom is -0.228 e. The topological polar surface area (TPSA) is 25.8 Å². The van der Waals surface area contributed by atoms with Crippen molar-refractivity contribution in [1.82, 2.24) is 9.97 Å². The van der Waals surface area contributed by atoms with E-state index in [1.165, 1.54) is 65.3 Å². The number of fused-ring (bicyclic) bond motifs is 4. The summed E-state index contributed by atoms with van der Waals surface area (Å²) < 4.78 is 0. The van der Waals surface area contributed by atoms with Crippen LogP contribution in [0.3, 0.4) is 0 Å². The van der Waals surface area contributed by atoms with Crippen LogP contribution in [0.1, 0.15) is 0 Å². The Hall–Kier alpha value is -6.90. The van der Waals surface area contributed by atoms with Crippen LogP contribution < -0.4 is 0 Å². The van der Waals surface area contributed by atoms with Crippen LogP contribution in [0.5, 0.6) is 0 Å². The Labute approximate surface area is 302 Å². The molecule has 0 fully saturated rings. The van der Waals surface area contributed by atoms with Crippen LogP contribution in [-0.4, -0.2) is 9.97 Å². The second-order valence-corrected chi connectivity index (χ2v) is 13.3. The van der Waals surface area contributed by atoms with E-state index in [1.54, 1.807) is 0 Å². The number of rotatable bonds is 5. The van der Waals surface area contributed by atoms with Crippen molar-refractivity contribution in [3.63, 3.8) is 0 Å². The van der Waals surface area contributed by atoms with Gasteiger partial charge in [0.15, 0.2) is 5.82 Å². The molecule has 0 saturated heterocycles. The number of hydrogen-bond acceptors (Lipinski definition) is 2. The fourth-order valence-electron chi connectivity index (χ4n) is 7.87. The molecular weight excluding hydrogens is 629 g/mol. The summed E-state index contributed by atoms with van der Waals surface area (Å²) in [6, 6.07) is 69.4. The van der Waals surface area contributed by atoms with Gasteiger partial charge in [-0.15, -0.1) is 0 Å². The molecule has 10 aromatic rings. The second kappa shape index (κ2) is 12.5. The summed E-state index contributed by atoms with van der Waals surface area (Å²) in [5.41, 5.74) is 9.81. The number of benzene rings is 9. The van der Waals surface area contributed by atoms with Crippen LogP contribution in [-0.2, 0) is 0 Å². The van der Waals surface area contributed by atoms with Gasteiger partial charge in [0.2, 0.25) is 0 Å². The summed E-state index contributed by atoms with van der Waals surface area (Å²) in [5, 5.41) is 9.80. The van der Waals surface area contributed by atoms with Gasteiger partial charge in [0, 0.05) is 16.7 Å². The molecule has 2 heteroatoms. The molecule has 0 aliphatic rings. The first-order valence-corrected chi connectivity index (χ1v) is 17.8. The highest BCUT2D eigenvalue weighted by molar-refractivity contribution is 6.25. The molecule has 0 amide bonds. The second-order valence-electron chi connectivity index (χ2n) is 13.3. The summed E-state index contributed by atoms with van der Waals surface area (Å²) in [7, 11) is 0. The molecule has 0 atom stereocenters. The highest BCUT2D eigenvalue weighted by Crippen LogP contribution is 2.47. The third-order valence-electron chi connectivity index (χ3n) is 10.3. The summed E-state index contributed by atoms with van der Waals surface area (Å²) >= 11 is 0. The molecule has 0 aliphatic heterocycles. The van der Waals surface area contributed by atoms with E-state index >= 15 is 0 Å². The lowest BCUT2D eigenvalue weighted by Crippen LogP contribution is -1.97. The fourth-order valence-corrected chi connectivity index (χ4v) is 7.87. The maximum Gasteiger partial charge on any atom is 0.160 e. The summed E-state index contributed by atoms with van der Waals surface area (Å²) in [6.07, 6.45) is 0. The standard InChI is InChI=1S/C50H32N2/c1-3-17-35(18-4-1)46-32-47(52-50(51-46)36-19-5-2-6-20-36)37-29-30-44-45(31-37)49(41-28-14-22-34-16-8-10-24-39(34)41)43-26-12-11-25-42(43)48(44)40-27-13-21-33-15-7-9-23-38(33)40/h1-32H. The van der Waals surface area contributed by atoms with Crippen molar-refractivity contribution in [3.05, 3.63) is 194 Å². The zero-order valence-corrected chi connectivity index (χ0v) is 28.4. The first-order chi connectivity index (χ1) is 25.8. The average molecular weight is 661 g/mol. The lowest BCUT2D eigenvalue weighted by Gasteiger charge is -2.20. The maximum atomic E-state index is 5.23. The van der Waals surface area contributed by atoms with E-state index in [2.05, 4.69) is 170 Å². The summed E-state index contributed by atoms with van der Waals surface area (Å²) in [5.74, 6) is 0.710. The summed E-state index contributed by atoms with van der Waals surface area (Å²) in [4.78, 5) is 10.3. The third-order valence-corrected chi connectivity index (χ3v) is 10.3. The molecule has 0 spiro atoms. The predicted octanol–water partition coefficient (Wildman–Crippen LogP) is 13.4. The third kappa shape index (κ3) is 5.04. The Morgan fingerprint density at radius 3 is 1.31 bits per heavy atom. The lowest BCUT2D eigenvalue weighted by atomic mass is 9.83. The number of nitrogens with zero attached hydrogens (tertiary/aromatic N) is 2. The Morgan fingerprint density at radius 1 is 0.269 bits per heavy atom. The van der Waals surface area contributed by atoms with E-state index < -0.39 is 0 Å². The van der Waals surface area contributed by atoms with Gasteiger partial charge < -0.3 is 0 Å². The lowest BCUT2D eigenvalue weighted by molar-refractivity contribution is 1.18. The quantitative estimate of drug-likeness (QED) is 0.172. The van der Waals surface area contributed by atoms with E-state index in [9.17, 15) is 0 Å². The van der Waals surface area contributed by atoms with Crippen molar-refractivity contribution in [2.45, 2.75) is 0 Å². The van der Waals surface area contributed by atoms with E-state index in [0.29, 0.717) is 5.82 Å². The van der Waals surface area contributed by atoms with Crippen LogP contribution in [0.15, 0.2) is 194 Å². The minimum atomic E-state index is 0.710. The molecule has 242 valence electrons. The van der Waals surface area contributed by atoms with E-state index in [-0.39, 0.29) is 0 Å². The first kappa shape index (κ1) is 30.0. The van der Waals surface area contributed by atoms with Crippen molar-refractivity contribution in [3.8, 4) is 56.2 Å². The summed E-state index contributed by atoms with van der Waals surface area (Å²) in [6.45, 7) is 0. The largest absolute Gasteiger partial charge is 0.228 e. The molecule has 0 N–H and O–H groups in total. The number of hydrogen-bond donors (Lipinski definition) is 0. The molecule has 0 unspecified atom stereocenters. The van der Waals surface area contributed by atoms with Gasteiger partial charge in [-0.2, -0.15) is 0 Å². The predicted molar refractivity (Wildman–Crippen MR) is 219 cm³/mol. The fraction of sp³-hybridized carbons (Fsp3) is 0. The SMILES string of the molecule is c1ccc(-c2cc(-c3ccc4c(-c5cccc6ccccc56)c5ccccc5c(-c5cccc6ccccc56)c4c3)nc(-c3ccccc3)n2)cc1. The Bertz CT molecular complexity index is 2880. The molecule has 9 aromatic carbocycles. The molecule has 0 aliphatic carbocycles. The smallest absolute Gasteiger partial charge is 0.160 e. The van der Waals surface area contributed by atoms with Crippen LogP contribution >= 0.6 is 0 Å². The molecule has 2 nitrogen and oxygen atoms in total. The monoisotopic (exact) mass is 660 g/mol. The van der Waals surface area contributed by atoms with Gasteiger partial charge in [-0.25, -0.2) is 9.97 Å². The average Bonchev–Trinajstić information content (AvgIpc) is 3.23. The molecule has 0 saturated carbocycles. The Kier molecular flexibility index (Phi) is 7.18. The van der Waals surface area contributed by atoms with Crippen molar-refractivity contribution >= 4 is 43.1 Å². The zero-order valence-electron chi connectivity index (χ0n) is 28.4. The number of aromatic nitrogens is 2. The van der Waals surface area contributed by atoms with Crippen molar-refractivity contribution in [1.29, 1.82) is 0 Å². The normalized spacial score (nSPS) is 11.5. The minimum absolute atomic E-state index is 0.710. The molecule has 10 rings (SSSR count). The van der Waals surface area contributed by atoms with Crippen LogP contribution in [0.25, 0.3) is 99.2 Å². The molecule has 1 heterocycles. The van der Waals surface area contributed by atoms with Crippen molar-refractivity contribution in [2.24, 2.45) is 0 Å². The van der Waals surface area contributed by atoms with Crippen LogP contribution in [0.4, 0.5) is 0 Å². The molecule has 0 bridgehead atoms. The van der Waals surface area contributed by atoms with Gasteiger partial charge in [-0.3, -0.25) is 0 Å². The van der Waals surface area contributed by atoms with Crippen LogP contribution in [0.2, 0.25) is 0 Å². The van der Waals surface area contributed by atoms with Gasteiger partial charge in [0.05, 0.1) is 11.4 Å². The van der Waals surface area contributed by atoms with E-state index in [4.69, 9.17) is 9.97 Å². The first-order valence-electron chi connectivity index (χ1n) is 17.8. The molecule has 0 radical (unpaired) electrons. The zero-order chi connectivity index (χ0) is 34.4. The Morgan fingerprint density at radius 2 is 0.712 bits per heavy atom. The maximum absolute atomic E-state index is 5.23. The van der Waals surface area contributed by atoms with E-state index in [1.807, 2.05) is 24.3 Å². The van der Waals surface area contributed by atoms with Crippen molar-refractivity contribution in [2.75, 3.05) is 0 Å². The van der Waals surface area contributed by atoms with E-state index in [0.717, 1.165) is 28.1 Å². The van der Waals surface area contributed by atoms with Gasteiger partial charge in [0.1, 0.15) is 0 Å². The van der Waals surface area contributed by atoms with Gasteiger partial charge in [-0.05, 0) is 77.5 Å². The van der Waals surface area contributed by atoms with Crippen LogP contribution in [0, 0.1) is 0 Å². The molecule has 1 aromatic heterocycles. The highest BCUT2D eigenvalue weighted by atomic mass is 14.9. The Balaban J connectivity index is 1.33. The van der Waals surface area contributed by atoms with Gasteiger partial charge >= 0.3 is 0 Å².